The monoisotopic (exact) mass is 277 g/mol. The zero-order valence-corrected chi connectivity index (χ0v) is 11.4. The summed E-state index contributed by atoms with van der Waals surface area (Å²) in [6, 6.07) is 4.59. The van der Waals surface area contributed by atoms with E-state index in [9.17, 15) is 9.59 Å². The average molecular weight is 277 g/mol. The maximum absolute atomic E-state index is 11.4. The van der Waals surface area contributed by atoms with E-state index in [1.165, 1.54) is 7.11 Å². The summed E-state index contributed by atoms with van der Waals surface area (Å²) in [6.45, 7) is 1.85. The Morgan fingerprint density at radius 3 is 2.80 bits per heavy atom. The second-order valence-electron chi connectivity index (χ2n) is 4.13. The Bertz CT molecular complexity index is 575. The third-order valence-corrected chi connectivity index (χ3v) is 2.89. The third-order valence-electron chi connectivity index (χ3n) is 2.89. The predicted molar refractivity (Wildman–Crippen MR) is 69.5 cm³/mol. The number of nitrogens with one attached hydrogen (secondary N) is 1. The molecule has 106 valence electrons. The lowest BCUT2D eigenvalue weighted by Crippen LogP contribution is -2.19. The van der Waals surface area contributed by atoms with E-state index in [1.807, 2.05) is 6.92 Å². The van der Waals surface area contributed by atoms with Gasteiger partial charge in [-0.1, -0.05) is 0 Å². The topological polar surface area (TPSA) is 86.4 Å². The van der Waals surface area contributed by atoms with Gasteiger partial charge in [-0.05, 0) is 25.1 Å². The minimum Gasteiger partial charge on any atom is -0.463 e. The molecule has 0 radical (unpaired) electrons. The van der Waals surface area contributed by atoms with Crippen LogP contribution < -0.4 is 5.32 Å². The van der Waals surface area contributed by atoms with E-state index in [0.717, 1.165) is 0 Å². The molecule has 0 aliphatic rings. The predicted octanol–water partition coefficient (Wildman–Crippen LogP) is 1.23. The number of aromatic nitrogens is 2. The lowest BCUT2D eigenvalue weighted by molar-refractivity contribution is 0.0562. The fourth-order valence-electron chi connectivity index (χ4n) is 1.72. The van der Waals surface area contributed by atoms with Gasteiger partial charge in [-0.3, -0.25) is 9.48 Å². The molecule has 2 aromatic rings. The molecule has 0 bridgehead atoms. The highest BCUT2D eigenvalue weighted by molar-refractivity contribution is 5.91. The van der Waals surface area contributed by atoms with Crippen LogP contribution >= 0.6 is 0 Å². The van der Waals surface area contributed by atoms with Crippen LogP contribution in [0.5, 0.6) is 0 Å². The molecule has 2 heterocycles. The molecule has 2 rings (SSSR count). The van der Waals surface area contributed by atoms with Crippen molar-refractivity contribution >= 4 is 11.9 Å². The minimum atomic E-state index is -0.532. The van der Waals surface area contributed by atoms with Gasteiger partial charge in [0.05, 0.1) is 7.11 Å². The summed E-state index contributed by atoms with van der Waals surface area (Å²) >= 11 is 0. The fourth-order valence-corrected chi connectivity index (χ4v) is 1.72. The molecule has 20 heavy (non-hydrogen) atoms. The van der Waals surface area contributed by atoms with Gasteiger partial charge in [0.25, 0.3) is 5.91 Å². The maximum atomic E-state index is 11.4. The molecule has 2 aromatic heterocycles. The van der Waals surface area contributed by atoms with E-state index in [1.54, 1.807) is 36.1 Å². The first-order valence-corrected chi connectivity index (χ1v) is 6.02. The molecule has 0 aromatic carbocycles. The Morgan fingerprint density at radius 2 is 2.15 bits per heavy atom. The average Bonchev–Trinajstić information content (AvgIpc) is 3.13. The van der Waals surface area contributed by atoms with Crippen LogP contribution in [0.4, 0.5) is 0 Å². The van der Waals surface area contributed by atoms with Crippen LogP contribution in [-0.4, -0.2) is 35.8 Å². The first kappa shape index (κ1) is 13.9. The van der Waals surface area contributed by atoms with Gasteiger partial charge in [-0.15, -0.1) is 0 Å². The summed E-state index contributed by atoms with van der Waals surface area (Å²) < 4.78 is 11.6. The molecular formula is C13H15N3O4. The van der Waals surface area contributed by atoms with Crippen molar-refractivity contribution in [3.8, 4) is 0 Å². The quantitative estimate of drug-likeness (QED) is 0.849. The van der Waals surface area contributed by atoms with Crippen LogP contribution in [-0.2, 0) is 4.74 Å². The normalized spacial score (nSPS) is 11.9. The van der Waals surface area contributed by atoms with Crippen LogP contribution in [0.25, 0.3) is 0 Å². The minimum absolute atomic E-state index is 0.132. The molecular weight excluding hydrogens is 262 g/mol. The van der Waals surface area contributed by atoms with Gasteiger partial charge in [0.2, 0.25) is 5.76 Å². The number of amides is 1. The molecule has 1 amide bonds. The Morgan fingerprint density at radius 1 is 1.40 bits per heavy atom. The van der Waals surface area contributed by atoms with Gasteiger partial charge in [0.15, 0.2) is 0 Å². The molecule has 0 fully saturated rings. The zero-order valence-electron chi connectivity index (χ0n) is 11.4. The summed E-state index contributed by atoms with van der Waals surface area (Å²) in [7, 11) is 2.83. The van der Waals surface area contributed by atoms with Gasteiger partial charge < -0.3 is 14.5 Å². The van der Waals surface area contributed by atoms with Gasteiger partial charge >= 0.3 is 5.97 Å². The number of carbonyl (C=O) groups is 2. The molecule has 0 saturated carbocycles. The lowest BCUT2D eigenvalue weighted by Gasteiger charge is -2.08. The second-order valence-corrected chi connectivity index (χ2v) is 4.13. The van der Waals surface area contributed by atoms with Crippen molar-refractivity contribution in [2.45, 2.75) is 13.0 Å². The lowest BCUT2D eigenvalue weighted by atomic mass is 10.2. The van der Waals surface area contributed by atoms with Crippen LogP contribution in [0.15, 0.2) is 28.8 Å². The van der Waals surface area contributed by atoms with Crippen molar-refractivity contribution < 1.29 is 18.7 Å². The van der Waals surface area contributed by atoms with E-state index in [2.05, 4.69) is 15.2 Å². The number of carbonyl (C=O) groups excluding carboxylic acids is 2. The number of hydrogen-bond donors (Lipinski definition) is 1. The van der Waals surface area contributed by atoms with Crippen molar-refractivity contribution in [3.63, 3.8) is 0 Å². The molecule has 0 spiro atoms. The van der Waals surface area contributed by atoms with Crippen molar-refractivity contribution in [1.29, 1.82) is 0 Å². The number of methoxy groups -OCH3 is 1. The fraction of sp³-hybridized carbons (Fsp3) is 0.308. The summed E-state index contributed by atoms with van der Waals surface area (Å²) in [4.78, 5) is 22.8. The molecule has 1 atom stereocenters. The Labute approximate surface area is 115 Å². The highest BCUT2D eigenvalue weighted by Crippen LogP contribution is 2.20. The molecule has 0 saturated heterocycles. The van der Waals surface area contributed by atoms with E-state index < -0.39 is 5.97 Å². The molecule has 7 heteroatoms. The summed E-state index contributed by atoms with van der Waals surface area (Å²) in [5.41, 5.74) is 0.319. The Kier molecular flexibility index (Phi) is 3.88. The maximum Gasteiger partial charge on any atom is 0.373 e. The first-order valence-electron chi connectivity index (χ1n) is 6.02. The zero-order chi connectivity index (χ0) is 14.7. The van der Waals surface area contributed by atoms with Crippen LogP contribution in [0, 0.1) is 0 Å². The Hall–Kier alpha value is -2.57. The second kappa shape index (κ2) is 5.60. The van der Waals surface area contributed by atoms with Crippen molar-refractivity contribution in [2.24, 2.45) is 0 Å². The van der Waals surface area contributed by atoms with E-state index in [4.69, 9.17) is 4.42 Å². The van der Waals surface area contributed by atoms with Gasteiger partial charge in [-0.25, -0.2) is 4.79 Å². The molecule has 7 nitrogen and oxygen atoms in total. The number of furan rings is 1. The van der Waals surface area contributed by atoms with Crippen molar-refractivity contribution in [2.75, 3.05) is 14.2 Å². The van der Waals surface area contributed by atoms with Crippen molar-refractivity contribution in [3.05, 3.63) is 41.6 Å². The summed E-state index contributed by atoms with van der Waals surface area (Å²) in [5.74, 6) is -0.106. The van der Waals surface area contributed by atoms with Gasteiger partial charge in [0, 0.05) is 13.2 Å². The summed E-state index contributed by atoms with van der Waals surface area (Å²) in [5, 5.41) is 6.66. The Balaban J connectivity index is 2.20. The van der Waals surface area contributed by atoms with Gasteiger partial charge in [0.1, 0.15) is 17.5 Å². The van der Waals surface area contributed by atoms with E-state index in [0.29, 0.717) is 11.5 Å². The third kappa shape index (κ3) is 2.56. The van der Waals surface area contributed by atoms with E-state index >= 15 is 0 Å². The van der Waals surface area contributed by atoms with Crippen LogP contribution in [0.1, 0.15) is 39.8 Å². The largest absolute Gasteiger partial charge is 0.463 e. The molecule has 0 aliphatic heterocycles. The van der Waals surface area contributed by atoms with Gasteiger partial charge in [-0.2, -0.15) is 5.10 Å². The van der Waals surface area contributed by atoms with Crippen molar-refractivity contribution in [1.82, 2.24) is 15.1 Å². The van der Waals surface area contributed by atoms with Crippen LogP contribution in [0.3, 0.4) is 0 Å². The standard InChI is InChI=1S/C13H15N3O4/c1-8(10-4-5-11(20-10)13(18)19-3)16-7-6-9(15-16)12(17)14-2/h4-8H,1-3H3,(H,14,17). The molecule has 1 unspecified atom stereocenters. The van der Waals surface area contributed by atoms with Crippen LogP contribution in [0.2, 0.25) is 0 Å². The number of nitrogens with zero attached hydrogens (tertiary/aromatic N) is 2. The molecule has 0 aliphatic carbocycles. The number of hydrogen-bond acceptors (Lipinski definition) is 5. The first-order chi connectivity index (χ1) is 9.56. The number of ether oxygens (including phenoxy) is 1. The van der Waals surface area contributed by atoms with E-state index in [-0.39, 0.29) is 17.7 Å². The SMILES string of the molecule is CNC(=O)c1ccn(C(C)c2ccc(C(=O)OC)o2)n1. The number of esters is 1. The smallest absolute Gasteiger partial charge is 0.373 e. The molecule has 1 N–H and O–H groups in total. The number of rotatable bonds is 4. The highest BCUT2D eigenvalue weighted by Gasteiger charge is 2.18. The highest BCUT2D eigenvalue weighted by atomic mass is 16.5. The summed E-state index contributed by atoms with van der Waals surface area (Å²) in [6.07, 6.45) is 1.68.